The van der Waals surface area contributed by atoms with Crippen LogP contribution in [0.5, 0.6) is 11.5 Å². The molecule has 0 aliphatic rings. The Kier molecular flexibility index (Phi) is 6.93. The molecule has 0 saturated carbocycles. The molecule has 25 heavy (non-hydrogen) atoms. The van der Waals surface area contributed by atoms with Gasteiger partial charge in [-0.2, -0.15) is 5.26 Å². The lowest BCUT2D eigenvalue weighted by atomic mass is 10.2. The highest BCUT2D eigenvalue weighted by Crippen LogP contribution is 2.28. The molecule has 0 unspecified atom stereocenters. The maximum Gasteiger partial charge on any atom is 0.248 e. The summed E-state index contributed by atoms with van der Waals surface area (Å²) in [5.41, 5.74) is 1.54. The summed E-state index contributed by atoms with van der Waals surface area (Å²) in [6.07, 6.45) is 5.12. The average molecular weight is 354 g/mol. The zero-order chi connectivity index (χ0) is 18.1. The zero-order valence-electron chi connectivity index (χ0n) is 14.0. The van der Waals surface area contributed by atoms with E-state index in [4.69, 9.17) is 14.7 Å². The Morgan fingerprint density at radius 3 is 2.84 bits per heavy atom. The number of methoxy groups -OCH3 is 1. The van der Waals surface area contributed by atoms with E-state index in [1.165, 1.54) is 13.2 Å². The van der Waals surface area contributed by atoms with Crippen molar-refractivity contribution in [3.8, 4) is 17.6 Å². The number of thioether (sulfide) groups is 1. The first-order chi connectivity index (χ1) is 12.2. The molecule has 0 aliphatic carbocycles. The lowest BCUT2D eigenvalue weighted by molar-refractivity contribution is -0.111. The lowest BCUT2D eigenvalue weighted by Gasteiger charge is -2.08. The van der Waals surface area contributed by atoms with Gasteiger partial charge >= 0.3 is 0 Å². The fraction of sp³-hybridized carbons (Fsp3) is 0.158. The van der Waals surface area contributed by atoms with Gasteiger partial charge in [-0.05, 0) is 48.2 Å². The monoisotopic (exact) mass is 354 g/mol. The highest BCUT2D eigenvalue weighted by Gasteiger charge is 2.05. The molecule has 0 aliphatic heterocycles. The first-order valence-corrected chi connectivity index (χ1v) is 8.69. The Morgan fingerprint density at radius 2 is 2.12 bits per heavy atom. The van der Waals surface area contributed by atoms with Gasteiger partial charge in [0.2, 0.25) is 5.91 Å². The molecule has 2 aromatic rings. The topological polar surface area (TPSA) is 71.3 Å². The highest BCUT2D eigenvalue weighted by atomic mass is 32.2. The molecule has 1 amide bonds. The predicted octanol–water partition coefficient (Wildman–Crippen LogP) is 3.97. The predicted molar refractivity (Wildman–Crippen MR) is 100.0 cm³/mol. The molecule has 128 valence electrons. The summed E-state index contributed by atoms with van der Waals surface area (Å²) in [5.74, 6) is 0.770. The van der Waals surface area contributed by atoms with E-state index in [0.29, 0.717) is 11.5 Å². The molecule has 0 bridgehead atoms. The van der Waals surface area contributed by atoms with Crippen LogP contribution in [0.3, 0.4) is 0 Å². The molecule has 0 saturated heterocycles. The molecular formula is C19H18N2O3S. The van der Waals surface area contributed by atoms with Crippen molar-refractivity contribution in [3.63, 3.8) is 0 Å². The molecule has 1 N–H and O–H groups in total. The largest absolute Gasteiger partial charge is 0.493 e. The minimum atomic E-state index is -0.220. The second kappa shape index (κ2) is 9.40. The number of carbonyl (C=O) groups excluding carboxylic acids is 1. The molecule has 6 heteroatoms. The minimum Gasteiger partial charge on any atom is -0.493 e. The van der Waals surface area contributed by atoms with Crippen LogP contribution in [-0.2, 0) is 4.79 Å². The summed E-state index contributed by atoms with van der Waals surface area (Å²) in [7, 11) is 1.52. The van der Waals surface area contributed by atoms with Gasteiger partial charge in [-0.1, -0.05) is 12.1 Å². The van der Waals surface area contributed by atoms with Crippen LogP contribution in [0.1, 0.15) is 5.56 Å². The van der Waals surface area contributed by atoms with Crippen molar-refractivity contribution in [2.45, 2.75) is 4.90 Å². The van der Waals surface area contributed by atoms with Crippen LogP contribution >= 0.6 is 11.8 Å². The van der Waals surface area contributed by atoms with E-state index in [1.54, 1.807) is 36.0 Å². The van der Waals surface area contributed by atoms with E-state index in [1.807, 2.05) is 36.6 Å². The van der Waals surface area contributed by atoms with E-state index in [2.05, 4.69) is 5.32 Å². The standard InChI is InChI=1S/C19H18N2O3S/c1-23-18-12-14(6-8-17(18)24-11-10-20)7-9-19(22)21-15-4-3-5-16(13-15)25-2/h3-9,12-13H,11H2,1-2H3,(H,21,22)/b9-7+. The van der Waals surface area contributed by atoms with Gasteiger partial charge in [0.05, 0.1) is 7.11 Å². The van der Waals surface area contributed by atoms with Crippen molar-refractivity contribution in [1.82, 2.24) is 0 Å². The van der Waals surface area contributed by atoms with E-state index in [-0.39, 0.29) is 12.5 Å². The third kappa shape index (κ3) is 5.59. The van der Waals surface area contributed by atoms with Crippen LogP contribution in [0, 0.1) is 11.3 Å². The Labute approximate surface area is 151 Å². The molecule has 0 atom stereocenters. The third-order valence-electron chi connectivity index (χ3n) is 3.24. The van der Waals surface area contributed by atoms with Gasteiger partial charge in [0, 0.05) is 16.7 Å². The van der Waals surface area contributed by atoms with Crippen LogP contribution < -0.4 is 14.8 Å². The van der Waals surface area contributed by atoms with E-state index >= 15 is 0 Å². The number of amides is 1. The zero-order valence-corrected chi connectivity index (χ0v) is 14.8. The van der Waals surface area contributed by atoms with Gasteiger partial charge in [0.15, 0.2) is 18.1 Å². The summed E-state index contributed by atoms with van der Waals surface area (Å²) in [4.78, 5) is 13.1. The normalized spacial score (nSPS) is 10.3. The number of nitrogens with zero attached hydrogens (tertiary/aromatic N) is 1. The van der Waals surface area contributed by atoms with Crippen LogP contribution in [0.25, 0.3) is 6.08 Å². The Hall–Kier alpha value is -2.91. The van der Waals surface area contributed by atoms with Gasteiger partial charge in [-0.15, -0.1) is 11.8 Å². The number of hydrogen-bond acceptors (Lipinski definition) is 5. The van der Waals surface area contributed by atoms with Crippen molar-refractivity contribution in [2.24, 2.45) is 0 Å². The summed E-state index contributed by atoms with van der Waals surface area (Å²) >= 11 is 1.62. The van der Waals surface area contributed by atoms with Crippen LogP contribution in [-0.4, -0.2) is 25.9 Å². The van der Waals surface area contributed by atoms with Crippen molar-refractivity contribution in [1.29, 1.82) is 5.26 Å². The first kappa shape index (κ1) is 18.4. The first-order valence-electron chi connectivity index (χ1n) is 7.47. The smallest absolute Gasteiger partial charge is 0.248 e. The molecule has 5 nitrogen and oxygen atoms in total. The number of nitriles is 1. The van der Waals surface area contributed by atoms with Crippen LogP contribution in [0.15, 0.2) is 53.4 Å². The van der Waals surface area contributed by atoms with Gasteiger partial charge < -0.3 is 14.8 Å². The molecule has 2 aromatic carbocycles. The van der Waals surface area contributed by atoms with E-state index in [9.17, 15) is 4.79 Å². The number of anilines is 1. The minimum absolute atomic E-state index is 0.0525. The molecule has 0 fully saturated rings. The molecule has 2 rings (SSSR count). The van der Waals surface area contributed by atoms with E-state index in [0.717, 1.165) is 16.1 Å². The fourth-order valence-corrected chi connectivity index (χ4v) is 2.53. The quantitative estimate of drug-likeness (QED) is 0.602. The van der Waals surface area contributed by atoms with Gasteiger partial charge in [0.1, 0.15) is 6.07 Å². The fourth-order valence-electron chi connectivity index (χ4n) is 2.07. The van der Waals surface area contributed by atoms with Crippen molar-refractivity contribution in [2.75, 3.05) is 25.3 Å². The maximum atomic E-state index is 12.1. The average Bonchev–Trinajstić information content (AvgIpc) is 2.65. The molecular weight excluding hydrogens is 336 g/mol. The van der Waals surface area contributed by atoms with Crippen LogP contribution in [0.4, 0.5) is 5.69 Å². The Bertz CT molecular complexity index is 813. The van der Waals surface area contributed by atoms with Crippen molar-refractivity contribution >= 4 is 29.4 Å². The molecule has 0 radical (unpaired) electrons. The maximum absolute atomic E-state index is 12.1. The molecule has 0 spiro atoms. The van der Waals surface area contributed by atoms with Crippen LogP contribution in [0.2, 0.25) is 0 Å². The number of hydrogen-bond donors (Lipinski definition) is 1. The van der Waals surface area contributed by atoms with E-state index < -0.39 is 0 Å². The Morgan fingerprint density at radius 1 is 1.28 bits per heavy atom. The second-order valence-electron chi connectivity index (χ2n) is 4.91. The molecule has 0 heterocycles. The lowest BCUT2D eigenvalue weighted by Crippen LogP contribution is -2.07. The number of rotatable bonds is 7. The van der Waals surface area contributed by atoms with Gasteiger partial charge in [0.25, 0.3) is 0 Å². The summed E-state index contributed by atoms with van der Waals surface area (Å²) in [6, 6.07) is 14.8. The highest BCUT2D eigenvalue weighted by molar-refractivity contribution is 7.98. The SMILES string of the molecule is COc1cc(/C=C/C(=O)Nc2cccc(SC)c2)ccc1OCC#N. The summed E-state index contributed by atoms with van der Waals surface area (Å²) in [6.45, 7) is -0.0525. The number of carbonyl (C=O) groups is 1. The van der Waals surface area contributed by atoms with Crippen molar-refractivity contribution in [3.05, 3.63) is 54.1 Å². The number of benzene rings is 2. The molecule has 0 aromatic heterocycles. The number of ether oxygens (including phenoxy) is 2. The third-order valence-corrected chi connectivity index (χ3v) is 3.97. The van der Waals surface area contributed by atoms with Crippen molar-refractivity contribution < 1.29 is 14.3 Å². The second-order valence-corrected chi connectivity index (χ2v) is 5.79. The summed E-state index contributed by atoms with van der Waals surface area (Å²) < 4.78 is 10.5. The summed E-state index contributed by atoms with van der Waals surface area (Å²) in [5, 5.41) is 11.4. The van der Waals surface area contributed by atoms with Gasteiger partial charge in [-0.25, -0.2) is 0 Å². The Balaban J connectivity index is 2.05. The van der Waals surface area contributed by atoms with Gasteiger partial charge in [-0.3, -0.25) is 4.79 Å². The number of nitrogens with one attached hydrogen (secondary N) is 1.